The first-order valence-electron chi connectivity index (χ1n) is 26.1. The van der Waals surface area contributed by atoms with Crippen LogP contribution in [0.1, 0.15) is 110 Å². The SMILES string of the molecule is Cc1cc(-c2cc3c(o2)C/C=C\C/C=C\3)cc(C)c1N1c2cccc3c2B(c2c1oc1ccc(C(C)(C)C)cc21)c1c(oc2ccc(C(C)(C)C)cc12)N3c1c(C)cc(-c2cc3c(o2)C/C=C\C/C=C\3)cc1C. The summed E-state index contributed by atoms with van der Waals surface area (Å²) in [5.74, 6) is 5.42. The normalized spacial score (nSPS) is 16.8. The van der Waals surface area contributed by atoms with Crippen LogP contribution in [-0.2, 0) is 23.7 Å². The molecule has 0 atom stereocenters. The molecule has 7 heteroatoms. The van der Waals surface area contributed by atoms with Gasteiger partial charge in [-0.3, -0.25) is 9.80 Å². The number of aryl methyl sites for hydroxylation is 4. The maximum atomic E-state index is 7.34. The smallest absolute Gasteiger partial charge is 0.262 e. The van der Waals surface area contributed by atoms with Crippen LogP contribution in [0, 0.1) is 27.7 Å². The first kappa shape index (κ1) is 45.2. The third-order valence-electron chi connectivity index (χ3n) is 15.7. The summed E-state index contributed by atoms with van der Waals surface area (Å²) in [5.41, 5.74) is 20.9. The van der Waals surface area contributed by atoms with Crippen LogP contribution in [0.25, 0.3) is 56.7 Å². The molecule has 4 aliphatic rings. The van der Waals surface area contributed by atoms with E-state index in [1.807, 2.05) is 0 Å². The Morgan fingerprint density at radius 3 is 1.29 bits per heavy atom. The molecule has 0 fully saturated rings. The maximum absolute atomic E-state index is 7.34. The van der Waals surface area contributed by atoms with Crippen LogP contribution in [0.15, 0.2) is 145 Å². The Kier molecular flexibility index (Phi) is 10.2. The van der Waals surface area contributed by atoms with Crippen LogP contribution < -0.4 is 26.2 Å². The van der Waals surface area contributed by atoms with Gasteiger partial charge in [-0.25, -0.2) is 0 Å². The predicted molar refractivity (Wildman–Crippen MR) is 305 cm³/mol. The van der Waals surface area contributed by atoms with E-state index in [1.165, 1.54) is 16.6 Å². The maximum Gasteiger partial charge on any atom is 0.262 e. The van der Waals surface area contributed by atoms with Gasteiger partial charge in [0.2, 0.25) is 11.8 Å². The second-order valence-corrected chi connectivity index (χ2v) is 22.9. The van der Waals surface area contributed by atoms with Gasteiger partial charge in [-0.05, 0) is 163 Å². The molecule has 362 valence electrons. The molecule has 2 aliphatic heterocycles. The molecule has 5 aromatic carbocycles. The monoisotopic (exact) mass is 956 g/mol. The molecule has 0 saturated heterocycles. The molecule has 0 radical (unpaired) electrons. The molecule has 73 heavy (non-hydrogen) atoms. The largest absolute Gasteiger partial charge is 0.460 e. The molecular weight excluding hydrogens is 896 g/mol. The van der Waals surface area contributed by atoms with E-state index < -0.39 is 0 Å². The third-order valence-corrected chi connectivity index (χ3v) is 15.7. The van der Waals surface area contributed by atoms with Crippen molar-refractivity contribution in [2.75, 3.05) is 9.80 Å². The van der Waals surface area contributed by atoms with Gasteiger partial charge in [0.1, 0.15) is 34.2 Å². The van der Waals surface area contributed by atoms with Crippen LogP contribution in [0.2, 0.25) is 0 Å². The van der Waals surface area contributed by atoms with Crippen LogP contribution in [0.3, 0.4) is 0 Å². The molecular formula is C66H61BN2O4. The lowest BCUT2D eigenvalue weighted by Crippen LogP contribution is -2.61. The molecule has 13 rings (SSSR count). The van der Waals surface area contributed by atoms with Gasteiger partial charge >= 0.3 is 0 Å². The Labute approximate surface area is 429 Å². The number of hydrogen-bond donors (Lipinski definition) is 0. The lowest BCUT2D eigenvalue weighted by Gasteiger charge is -2.41. The van der Waals surface area contributed by atoms with Crippen molar-refractivity contribution in [3.8, 4) is 22.6 Å². The molecule has 0 amide bonds. The lowest BCUT2D eigenvalue weighted by atomic mass is 9.33. The fraction of sp³-hybridized carbons (Fsp3) is 0.242. The van der Waals surface area contributed by atoms with Gasteiger partial charge in [-0.1, -0.05) is 108 Å². The number of benzene rings is 5. The molecule has 0 unspecified atom stereocenters. The average molecular weight is 957 g/mol. The van der Waals surface area contributed by atoms with Gasteiger partial charge < -0.3 is 17.7 Å². The molecule has 0 spiro atoms. The summed E-state index contributed by atoms with van der Waals surface area (Å²) in [6.07, 6.45) is 21.0. The zero-order chi connectivity index (χ0) is 50.2. The third kappa shape index (κ3) is 7.21. The summed E-state index contributed by atoms with van der Waals surface area (Å²) in [6.45, 7) is 22.5. The summed E-state index contributed by atoms with van der Waals surface area (Å²) in [6, 6.07) is 34.0. The van der Waals surface area contributed by atoms with Gasteiger partial charge in [-0.2, -0.15) is 0 Å². The van der Waals surface area contributed by atoms with Crippen LogP contribution in [0.4, 0.5) is 34.5 Å². The quantitative estimate of drug-likeness (QED) is 0.129. The fourth-order valence-corrected chi connectivity index (χ4v) is 12.1. The lowest BCUT2D eigenvalue weighted by molar-refractivity contribution is 0.535. The van der Waals surface area contributed by atoms with Crippen molar-refractivity contribution >= 4 is 91.7 Å². The Hall–Kier alpha value is -7.64. The van der Waals surface area contributed by atoms with E-state index >= 15 is 0 Å². The van der Waals surface area contributed by atoms with E-state index in [0.29, 0.717) is 0 Å². The van der Waals surface area contributed by atoms with E-state index in [0.717, 1.165) is 161 Å². The average Bonchev–Trinajstić information content (AvgIpc) is 4.13. The first-order chi connectivity index (χ1) is 35.1. The van der Waals surface area contributed by atoms with Gasteiger partial charge in [0.25, 0.3) is 6.71 Å². The van der Waals surface area contributed by atoms with Crippen molar-refractivity contribution in [1.29, 1.82) is 0 Å². The van der Waals surface area contributed by atoms with Gasteiger partial charge in [0, 0.05) is 68.2 Å². The summed E-state index contributed by atoms with van der Waals surface area (Å²) in [7, 11) is 0. The molecule has 6 heterocycles. The highest BCUT2D eigenvalue weighted by molar-refractivity contribution is 7.02. The van der Waals surface area contributed by atoms with Crippen LogP contribution >= 0.6 is 0 Å². The summed E-state index contributed by atoms with van der Waals surface area (Å²) in [4.78, 5) is 4.85. The van der Waals surface area contributed by atoms with Crippen LogP contribution in [0.5, 0.6) is 0 Å². The highest BCUT2D eigenvalue weighted by Crippen LogP contribution is 2.51. The Balaban J connectivity index is 1.07. The number of anilines is 6. The van der Waals surface area contributed by atoms with Crippen molar-refractivity contribution in [3.05, 3.63) is 183 Å². The minimum absolute atomic E-state index is 0.0881. The van der Waals surface area contributed by atoms with E-state index in [9.17, 15) is 0 Å². The topological polar surface area (TPSA) is 59.0 Å². The highest BCUT2D eigenvalue weighted by Gasteiger charge is 2.49. The molecule has 9 aromatic rings. The minimum atomic E-state index is -0.217. The number of furan rings is 4. The molecule has 4 aromatic heterocycles. The van der Waals surface area contributed by atoms with E-state index in [-0.39, 0.29) is 17.5 Å². The van der Waals surface area contributed by atoms with Crippen molar-refractivity contribution < 1.29 is 17.7 Å². The molecule has 0 saturated carbocycles. The highest BCUT2D eigenvalue weighted by atomic mass is 16.4. The predicted octanol–water partition coefficient (Wildman–Crippen LogP) is 16.6. The van der Waals surface area contributed by atoms with Gasteiger partial charge in [0.05, 0.1) is 11.4 Å². The number of nitrogens with zero attached hydrogens (tertiary/aromatic N) is 2. The molecule has 6 nitrogen and oxygen atoms in total. The fourth-order valence-electron chi connectivity index (χ4n) is 12.1. The van der Waals surface area contributed by atoms with Gasteiger partial charge in [-0.15, -0.1) is 0 Å². The second kappa shape index (κ2) is 16.4. The zero-order valence-electron chi connectivity index (χ0n) is 43.7. The Morgan fingerprint density at radius 2 is 0.877 bits per heavy atom. The minimum Gasteiger partial charge on any atom is -0.460 e. The second-order valence-electron chi connectivity index (χ2n) is 22.9. The molecule has 2 aliphatic carbocycles. The number of allylic oxidation sites excluding steroid dienone is 6. The number of hydrogen-bond acceptors (Lipinski definition) is 6. The molecule has 0 N–H and O–H groups in total. The summed E-state index contributed by atoms with van der Waals surface area (Å²) < 4.78 is 28.0. The van der Waals surface area contributed by atoms with Crippen molar-refractivity contribution in [3.63, 3.8) is 0 Å². The van der Waals surface area contributed by atoms with Crippen molar-refractivity contribution in [2.24, 2.45) is 0 Å². The standard InChI is InChI=1S/C66H61BN2O4/c1-38-30-44(56-34-42-20-15-11-13-17-24-52(42)70-56)31-39(2)61(38)68-50-22-19-23-51-60(50)67(58-48-36-46(65(5,6)7)26-28-54(48)72-63(58)68)59-49-37-47(66(8,9)10)27-29-55(49)73-64(59)69(51)62-40(3)32-45(33-41(62)4)57-35-43-21-16-12-14-18-25-53(43)71-57/h13-23,26-37H,11-12,24-25H2,1-10H3/b17-13-,18-14-,20-15-,21-16-. The Morgan fingerprint density at radius 1 is 0.452 bits per heavy atom. The van der Waals surface area contributed by atoms with Crippen molar-refractivity contribution in [2.45, 2.75) is 106 Å². The first-order valence-corrected chi connectivity index (χ1v) is 26.1. The van der Waals surface area contributed by atoms with Gasteiger partial charge in [0.15, 0.2) is 0 Å². The zero-order valence-corrected chi connectivity index (χ0v) is 43.7. The number of fused-ring (bicyclic) bond motifs is 10. The van der Waals surface area contributed by atoms with E-state index in [2.05, 4.69) is 219 Å². The van der Waals surface area contributed by atoms with E-state index in [4.69, 9.17) is 17.7 Å². The van der Waals surface area contributed by atoms with Crippen LogP contribution in [-0.4, -0.2) is 6.71 Å². The summed E-state index contributed by atoms with van der Waals surface area (Å²) >= 11 is 0. The summed E-state index contributed by atoms with van der Waals surface area (Å²) in [5, 5.41) is 2.24. The number of rotatable bonds is 4. The van der Waals surface area contributed by atoms with Crippen molar-refractivity contribution in [1.82, 2.24) is 0 Å². The van der Waals surface area contributed by atoms with E-state index in [1.54, 1.807) is 0 Å². The Bertz CT molecular complexity index is 3610. The molecule has 0 bridgehead atoms.